The molecule has 2 rings (SSSR count). The van der Waals surface area contributed by atoms with Crippen molar-refractivity contribution in [1.82, 2.24) is 14.6 Å². The number of aromatic nitrogens is 3. The monoisotopic (exact) mass is 241 g/mol. The standard InChI is InChI=1S/C10H12ClN3S/c1-10(2,7-11)15-9-8-3-4-13-14(8)6-5-12-9/h3-6H,7H2,1-2H3. The van der Waals surface area contributed by atoms with E-state index in [1.54, 1.807) is 24.2 Å². The van der Waals surface area contributed by atoms with Gasteiger partial charge in [-0.3, -0.25) is 0 Å². The topological polar surface area (TPSA) is 30.2 Å². The molecule has 0 N–H and O–H groups in total. The molecule has 0 aliphatic rings. The first-order valence-corrected chi connectivity index (χ1v) is 6.01. The molecule has 0 spiro atoms. The lowest BCUT2D eigenvalue weighted by Crippen LogP contribution is -2.16. The van der Waals surface area contributed by atoms with E-state index >= 15 is 0 Å². The van der Waals surface area contributed by atoms with Crippen molar-refractivity contribution >= 4 is 28.9 Å². The minimum Gasteiger partial charge on any atom is -0.246 e. The fourth-order valence-corrected chi connectivity index (χ4v) is 2.32. The summed E-state index contributed by atoms with van der Waals surface area (Å²) in [6.45, 7) is 4.21. The molecule has 15 heavy (non-hydrogen) atoms. The van der Waals surface area contributed by atoms with Crippen molar-refractivity contribution in [3.63, 3.8) is 0 Å². The van der Waals surface area contributed by atoms with Gasteiger partial charge in [0.25, 0.3) is 0 Å². The molecule has 0 saturated carbocycles. The highest BCUT2D eigenvalue weighted by atomic mass is 35.5. The van der Waals surface area contributed by atoms with E-state index < -0.39 is 0 Å². The summed E-state index contributed by atoms with van der Waals surface area (Å²) in [5.41, 5.74) is 1.03. The lowest BCUT2D eigenvalue weighted by molar-refractivity contribution is 0.806. The first-order chi connectivity index (χ1) is 7.12. The molecule has 0 radical (unpaired) electrons. The molecular formula is C10H12ClN3S. The Morgan fingerprint density at radius 3 is 3.00 bits per heavy atom. The average Bonchev–Trinajstić information content (AvgIpc) is 2.66. The number of hydrogen-bond donors (Lipinski definition) is 0. The van der Waals surface area contributed by atoms with Gasteiger partial charge in [0, 0.05) is 23.0 Å². The quantitative estimate of drug-likeness (QED) is 0.612. The molecule has 0 atom stereocenters. The maximum Gasteiger partial charge on any atom is 0.122 e. The number of thioether (sulfide) groups is 1. The normalized spacial score (nSPS) is 12.2. The molecule has 0 amide bonds. The predicted molar refractivity (Wildman–Crippen MR) is 63.6 cm³/mol. The van der Waals surface area contributed by atoms with Crippen LogP contribution in [0.15, 0.2) is 29.7 Å². The Hall–Kier alpha value is -0.740. The summed E-state index contributed by atoms with van der Waals surface area (Å²) in [5, 5.41) is 5.14. The number of hydrogen-bond acceptors (Lipinski definition) is 3. The summed E-state index contributed by atoms with van der Waals surface area (Å²) >= 11 is 7.57. The van der Waals surface area contributed by atoms with Crippen LogP contribution >= 0.6 is 23.4 Å². The van der Waals surface area contributed by atoms with Crippen molar-refractivity contribution in [3.05, 3.63) is 24.7 Å². The number of nitrogens with zero attached hydrogens (tertiary/aromatic N) is 3. The molecule has 80 valence electrons. The van der Waals surface area contributed by atoms with Crippen molar-refractivity contribution in [2.45, 2.75) is 23.6 Å². The summed E-state index contributed by atoms with van der Waals surface area (Å²) in [6.07, 6.45) is 5.37. The van der Waals surface area contributed by atoms with Gasteiger partial charge >= 0.3 is 0 Å². The Morgan fingerprint density at radius 2 is 2.27 bits per heavy atom. The van der Waals surface area contributed by atoms with Gasteiger partial charge in [0.1, 0.15) is 5.03 Å². The van der Waals surface area contributed by atoms with Crippen LogP contribution in [0.4, 0.5) is 0 Å². The number of halogens is 1. The maximum absolute atomic E-state index is 5.90. The molecule has 2 heterocycles. The Bertz CT molecular complexity index is 466. The summed E-state index contributed by atoms with van der Waals surface area (Å²) in [7, 11) is 0. The maximum atomic E-state index is 5.90. The van der Waals surface area contributed by atoms with Gasteiger partial charge in [-0.2, -0.15) is 5.10 Å². The van der Waals surface area contributed by atoms with Gasteiger partial charge in [0.05, 0.1) is 11.7 Å². The smallest absolute Gasteiger partial charge is 0.122 e. The fraction of sp³-hybridized carbons (Fsp3) is 0.400. The van der Waals surface area contributed by atoms with Crippen molar-refractivity contribution in [3.8, 4) is 0 Å². The van der Waals surface area contributed by atoms with Crippen LogP contribution in [0.1, 0.15) is 13.8 Å². The van der Waals surface area contributed by atoms with E-state index in [0.29, 0.717) is 5.88 Å². The van der Waals surface area contributed by atoms with Crippen LogP contribution in [-0.4, -0.2) is 25.2 Å². The van der Waals surface area contributed by atoms with Crippen LogP contribution in [0.3, 0.4) is 0 Å². The van der Waals surface area contributed by atoms with Gasteiger partial charge in [-0.05, 0) is 19.9 Å². The largest absolute Gasteiger partial charge is 0.246 e. The summed E-state index contributed by atoms with van der Waals surface area (Å²) in [5.74, 6) is 0.592. The molecule has 0 fully saturated rings. The lowest BCUT2D eigenvalue weighted by Gasteiger charge is -2.19. The van der Waals surface area contributed by atoms with Gasteiger partial charge in [0.2, 0.25) is 0 Å². The van der Waals surface area contributed by atoms with Gasteiger partial charge in [-0.25, -0.2) is 9.50 Å². The van der Waals surface area contributed by atoms with Crippen LogP contribution in [0.25, 0.3) is 5.52 Å². The minimum absolute atomic E-state index is 0.0132. The first kappa shape index (κ1) is 10.8. The molecule has 3 nitrogen and oxygen atoms in total. The van der Waals surface area contributed by atoms with E-state index in [1.807, 2.05) is 16.8 Å². The second-order valence-corrected chi connectivity index (χ2v) is 5.85. The Morgan fingerprint density at radius 1 is 1.47 bits per heavy atom. The first-order valence-electron chi connectivity index (χ1n) is 4.66. The zero-order valence-corrected chi connectivity index (χ0v) is 10.2. The van der Waals surface area contributed by atoms with E-state index in [4.69, 9.17) is 11.6 Å². The van der Waals surface area contributed by atoms with E-state index in [-0.39, 0.29) is 4.75 Å². The highest BCUT2D eigenvalue weighted by Gasteiger charge is 2.20. The zero-order valence-electron chi connectivity index (χ0n) is 8.64. The number of fused-ring (bicyclic) bond motifs is 1. The van der Waals surface area contributed by atoms with E-state index in [0.717, 1.165) is 10.5 Å². The third kappa shape index (κ3) is 2.26. The van der Waals surface area contributed by atoms with Crippen LogP contribution < -0.4 is 0 Å². The third-order valence-corrected chi connectivity index (χ3v) is 4.02. The lowest BCUT2D eigenvalue weighted by atomic mass is 10.2. The van der Waals surface area contributed by atoms with E-state index in [9.17, 15) is 0 Å². The van der Waals surface area contributed by atoms with Gasteiger partial charge in [-0.1, -0.05) is 11.8 Å². The highest BCUT2D eigenvalue weighted by Crippen LogP contribution is 2.33. The van der Waals surface area contributed by atoms with Crippen molar-refractivity contribution in [2.24, 2.45) is 0 Å². The van der Waals surface area contributed by atoms with Crippen molar-refractivity contribution in [2.75, 3.05) is 5.88 Å². The van der Waals surface area contributed by atoms with Crippen LogP contribution in [0.5, 0.6) is 0 Å². The summed E-state index contributed by atoms with van der Waals surface area (Å²) < 4.78 is 1.81. The fourth-order valence-electron chi connectivity index (χ4n) is 1.20. The van der Waals surface area contributed by atoms with E-state index in [2.05, 4.69) is 23.9 Å². The molecule has 0 aliphatic carbocycles. The molecule has 0 saturated heterocycles. The van der Waals surface area contributed by atoms with Crippen LogP contribution in [0, 0.1) is 0 Å². The molecule has 0 bridgehead atoms. The molecule has 0 aromatic carbocycles. The molecule has 0 unspecified atom stereocenters. The Kier molecular flexibility index (Phi) is 2.89. The molecule has 5 heteroatoms. The average molecular weight is 242 g/mol. The van der Waals surface area contributed by atoms with Crippen LogP contribution in [0.2, 0.25) is 0 Å². The van der Waals surface area contributed by atoms with E-state index in [1.165, 1.54) is 0 Å². The Balaban J connectivity index is 2.39. The Labute approximate surface area is 97.8 Å². The SMILES string of the molecule is CC(C)(CCl)Sc1nccn2nccc12. The van der Waals surface area contributed by atoms with Gasteiger partial charge in [0.15, 0.2) is 0 Å². The highest BCUT2D eigenvalue weighted by molar-refractivity contribution is 8.00. The van der Waals surface area contributed by atoms with Gasteiger partial charge < -0.3 is 0 Å². The van der Waals surface area contributed by atoms with Crippen LogP contribution in [-0.2, 0) is 0 Å². The zero-order chi connectivity index (χ0) is 10.9. The van der Waals surface area contributed by atoms with Gasteiger partial charge in [-0.15, -0.1) is 11.6 Å². The minimum atomic E-state index is -0.0132. The third-order valence-electron chi connectivity index (χ3n) is 1.98. The molecule has 2 aromatic heterocycles. The summed E-state index contributed by atoms with van der Waals surface area (Å²) in [6, 6.07) is 1.96. The molecule has 0 aliphatic heterocycles. The number of alkyl halides is 1. The number of rotatable bonds is 3. The second kappa shape index (κ2) is 4.02. The molecular weight excluding hydrogens is 230 g/mol. The van der Waals surface area contributed by atoms with Crippen molar-refractivity contribution in [1.29, 1.82) is 0 Å². The van der Waals surface area contributed by atoms with Crippen molar-refractivity contribution < 1.29 is 0 Å². The summed E-state index contributed by atoms with van der Waals surface area (Å²) in [4.78, 5) is 4.36. The predicted octanol–water partition coefficient (Wildman–Crippen LogP) is 2.84. The molecule has 2 aromatic rings. The second-order valence-electron chi connectivity index (χ2n) is 3.89.